The van der Waals surface area contributed by atoms with Gasteiger partial charge in [0.05, 0.1) is 0 Å². The van der Waals surface area contributed by atoms with E-state index < -0.39 is 5.97 Å². The molecule has 1 aliphatic rings. The van der Waals surface area contributed by atoms with Crippen molar-refractivity contribution in [3.63, 3.8) is 0 Å². The summed E-state index contributed by atoms with van der Waals surface area (Å²) >= 11 is 0. The van der Waals surface area contributed by atoms with Crippen molar-refractivity contribution in [3.8, 4) is 0 Å². The highest BCUT2D eigenvalue weighted by Crippen LogP contribution is 2.35. The highest BCUT2D eigenvalue weighted by molar-refractivity contribution is 5.92. The fourth-order valence-electron chi connectivity index (χ4n) is 2.09. The molecule has 19 heavy (non-hydrogen) atoms. The Balaban J connectivity index is 1.80. The summed E-state index contributed by atoms with van der Waals surface area (Å²) in [7, 11) is 0. The smallest absolute Gasteiger partial charge is 0.303 e. The van der Waals surface area contributed by atoms with Crippen molar-refractivity contribution in [1.82, 2.24) is 9.88 Å². The summed E-state index contributed by atoms with van der Waals surface area (Å²) in [6, 6.07) is 4.21. The molecular weight excluding hydrogens is 244 g/mol. The Labute approximate surface area is 112 Å². The van der Waals surface area contributed by atoms with Gasteiger partial charge in [-0.1, -0.05) is 6.92 Å². The average molecular weight is 264 g/mol. The van der Waals surface area contributed by atoms with Gasteiger partial charge in [0.1, 0.15) is 5.69 Å². The van der Waals surface area contributed by atoms with Gasteiger partial charge in [0.15, 0.2) is 0 Å². The topological polar surface area (TPSA) is 71.3 Å². The largest absolute Gasteiger partial charge is 0.481 e. The number of hydrogen-bond acceptors (Lipinski definition) is 2. The minimum atomic E-state index is -0.791. The molecule has 2 rings (SSSR count). The molecule has 1 unspecified atom stereocenters. The van der Waals surface area contributed by atoms with Crippen LogP contribution in [0.15, 0.2) is 18.3 Å². The quantitative estimate of drug-likeness (QED) is 0.791. The molecule has 1 heterocycles. The normalized spacial score (nSPS) is 16.1. The van der Waals surface area contributed by atoms with Crippen molar-refractivity contribution >= 4 is 11.9 Å². The molecule has 1 aliphatic carbocycles. The molecule has 0 aliphatic heterocycles. The first-order chi connectivity index (χ1) is 9.08. The van der Waals surface area contributed by atoms with Crippen LogP contribution in [-0.2, 0) is 4.79 Å². The van der Waals surface area contributed by atoms with Crippen LogP contribution in [0.2, 0.25) is 0 Å². The molecule has 1 atom stereocenters. The maximum absolute atomic E-state index is 12.1. The SMILES string of the molecule is CC(CCC(=O)O)CNC(=O)c1cccn1C1CC1. The van der Waals surface area contributed by atoms with Gasteiger partial charge in [-0.25, -0.2) is 0 Å². The van der Waals surface area contributed by atoms with Gasteiger partial charge in [0.2, 0.25) is 0 Å². The molecule has 1 saturated carbocycles. The van der Waals surface area contributed by atoms with Gasteiger partial charge in [-0.3, -0.25) is 9.59 Å². The van der Waals surface area contributed by atoms with Crippen molar-refractivity contribution in [2.75, 3.05) is 6.54 Å². The second-order valence-corrected chi connectivity index (χ2v) is 5.28. The average Bonchev–Trinajstić information content (AvgIpc) is 3.11. The van der Waals surface area contributed by atoms with Crippen LogP contribution in [-0.4, -0.2) is 28.1 Å². The summed E-state index contributed by atoms with van der Waals surface area (Å²) in [6.45, 7) is 2.46. The first-order valence-electron chi connectivity index (χ1n) is 6.74. The van der Waals surface area contributed by atoms with Crippen LogP contribution < -0.4 is 5.32 Å². The van der Waals surface area contributed by atoms with E-state index in [4.69, 9.17) is 5.11 Å². The molecule has 0 spiro atoms. The van der Waals surface area contributed by atoms with Crippen LogP contribution in [0.25, 0.3) is 0 Å². The molecule has 5 nitrogen and oxygen atoms in total. The third kappa shape index (κ3) is 3.84. The number of amides is 1. The van der Waals surface area contributed by atoms with Crippen molar-refractivity contribution < 1.29 is 14.7 Å². The molecule has 1 fully saturated rings. The summed E-state index contributed by atoms with van der Waals surface area (Å²) < 4.78 is 2.03. The van der Waals surface area contributed by atoms with Gasteiger partial charge in [-0.15, -0.1) is 0 Å². The van der Waals surface area contributed by atoms with Crippen molar-refractivity contribution in [2.45, 2.75) is 38.6 Å². The van der Waals surface area contributed by atoms with Gasteiger partial charge in [-0.05, 0) is 37.3 Å². The van der Waals surface area contributed by atoms with Crippen molar-refractivity contribution in [1.29, 1.82) is 0 Å². The van der Waals surface area contributed by atoms with Crippen LogP contribution in [0, 0.1) is 5.92 Å². The number of carboxylic acids is 1. The van der Waals surface area contributed by atoms with Crippen LogP contribution >= 0.6 is 0 Å². The second-order valence-electron chi connectivity index (χ2n) is 5.28. The van der Waals surface area contributed by atoms with Crippen molar-refractivity contribution in [3.05, 3.63) is 24.0 Å². The number of hydrogen-bond donors (Lipinski definition) is 2. The molecule has 1 aromatic rings. The van der Waals surface area contributed by atoms with Gasteiger partial charge in [0, 0.05) is 25.2 Å². The zero-order valence-corrected chi connectivity index (χ0v) is 11.1. The minimum Gasteiger partial charge on any atom is -0.481 e. The number of nitrogens with zero attached hydrogens (tertiary/aromatic N) is 1. The highest BCUT2D eigenvalue weighted by atomic mass is 16.4. The molecule has 5 heteroatoms. The van der Waals surface area contributed by atoms with E-state index in [9.17, 15) is 9.59 Å². The first-order valence-corrected chi connectivity index (χ1v) is 6.74. The molecule has 2 N–H and O–H groups in total. The number of carbonyl (C=O) groups excluding carboxylic acids is 1. The molecule has 1 amide bonds. The number of aliphatic carboxylic acids is 1. The summed E-state index contributed by atoms with van der Waals surface area (Å²) in [4.78, 5) is 22.5. The lowest BCUT2D eigenvalue weighted by Crippen LogP contribution is -2.30. The zero-order chi connectivity index (χ0) is 13.8. The fraction of sp³-hybridized carbons (Fsp3) is 0.571. The molecule has 1 aromatic heterocycles. The predicted octanol–water partition coefficient (Wildman–Crippen LogP) is 2.05. The number of nitrogens with one attached hydrogen (secondary N) is 1. The molecular formula is C14H20N2O3. The maximum atomic E-state index is 12.1. The van der Waals surface area contributed by atoms with Gasteiger partial charge in [-0.2, -0.15) is 0 Å². The predicted molar refractivity (Wildman–Crippen MR) is 71.1 cm³/mol. The third-order valence-corrected chi connectivity index (χ3v) is 3.41. The second kappa shape index (κ2) is 5.91. The van der Waals surface area contributed by atoms with Gasteiger partial charge < -0.3 is 15.0 Å². The summed E-state index contributed by atoms with van der Waals surface area (Å²) in [6.07, 6.45) is 4.96. The Morgan fingerprint density at radius 1 is 1.53 bits per heavy atom. The third-order valence-electron chi connectivity index (χ3n) is 3.41. The number of aromatic nitrogens is 1. The van der Waals surface area contributed by atoms with Crippen LogP contribution in [0.1, 0.15) is 49.1 Å². The maximum Gasteiger partial charge on any atom is 0.303 e. The standard InChI is InChI=1S/C14H20N2O3/c1-10(4-7-13(17)18)9-15-14(19)12-3-2-8-16(12)11-5-6-11/h2-3,8,10-11H,4-7,9H2,1H3,(H,15,19)(H,17,18). The summed E-state index contributed by atoms with van der Waals surface area (Å²) in [5, 5.41) is 11.5. The lowest BCUT2D eigenvalue weighted by atomic mass is 10.1. The monoisotopic (exact) mass is 264 g/mol. The Hall–Kier alpha value is -1.78. The van der Waals surface area contributed by atoms with E-state index in [1.807, 2.05) is 29.8 Å². The number of carbonyl (C=O) groups is 2. The fourth-order valence-corrected chi connectivity index (χ4v) is 2.09. The molecule has 0 aromatic carbocycles. The van der Waals surface area contributed by atoms with Gasteiger partial charge >= 0.3 is 5.97 Å². The van der Waals surface area contributed by atoms with Gasteiger partial charge in [0.25, 0.3) is 5.91 Å². The minimum absolute atomic E-state index is 0.0703. The molecule has 0 saturated heterocycles. The lowest BCUT2D eigenvalue weighted by Gasteiger charge is -2.12. The van der Waals surface area contributed by atoms with E-state index in [-0.39, 0.29) is 18.2 Å². The van der Waals surface area contributed by atoms with E-state index in [2.05, 4.69) is 5.32 Å². The Morgan fingerprint density at radius 2 is 2.26 bits per heavy atom. The van der Waals surface area contributed by atoms with E-state index in [1.165, 1.54) is 0 Å². The molecule has 104 valence electrons. The van der Waals surface area contributed by atoms with E-state index >= 15 is 0 Å². The van der Waals surface area contributed by atoms with Crippen LogP contribution in [0.5, 0.6) is 0 Å². The zero-order valence-electron chi connectivity index (χ0n) is 11.1. The Morgan fingerprint density at radius 3 is 2.89 bits per heavy atom. The lowest BCUT2D eigenvalue weighted by molar-refractivity contribution is -0.137. The highest BCUT2D eigenvalue weighted by Gasteiger charge is 2.26. The summed E-state index contributed by atoms with van der Waals surface area (Å²) in [5.74, 6) is -0.691. The Kier molecular flexibility index (Phi) is 4.24. The van der Waals surface area contributed by atoms with Crippen molar-refractivity contribution in [2.24, 2.45) is 5.92 Å². The molecule has 0 bridgehead atoms. The van der Waals surface area contributed by atoms with Crippen LogP contribution in [0.4, 0.5) is 0 Å². The van der Waals surface area contributed by atoms with E-state index in [0.29, 0.717) is 24.7 Å². The Bertz CT molecular complexity index is 463. The number of carboxylic acid groups (broad SMARTS) is 1. The van der Waals surface area contributed by atoms with Crippen LogP contribution in [0.3, 0.4) is 0 Å². The summed E-state index contributed by atoms with van der Waals surface area (Å²) in [5.41, 5.74) is 0.702. The van der Waals surface area contributed by atoms with E-state index in [1.54, 1.807) is 0 Å². The number of rotatable bonds is 7. The molecule has 0 radical (unpaired) electrons. The first kappa shape index (κ1) is 13.6. The van der Waals surface area contributed by atoms with E-state index in [0.717, 1.165) is 12.8 Å².